The van der Waals surface area contributed by atoms with Crippen LogP contribution < -0.4 is 4.90 Å². The van der Waals surface area contributed by atoms with Crippen molar-refractivity contribution in [2.75, 3.05) is 24.5 Å². The van der Waals surface area contributed by atoms with Gasteiger partial charge in [-0.15, -0.1) is 0 Å². The maximum absolute atomic E-state index is 13.3. The number of amides is 1. The first kappa shape index (κ1) is 18.4. The van der Waals surface area contributed by atoms with Crippen LogP contribution in [0.15, 0.2) is 21.5 Å². The fourth-order valence-corrected chi connectivity index (χ4v) is 7.06. The number of halogens is 1. The summed E-state index contributed by atoms with van der Waals surface area (Å²) in [4.78, 5) is 14.6. The fourth-order valence-electron chi connectivity index (χ4n) is 4.31. The zero-order chi connectivity index (χ0) is 18.6. The molecular formula is C19H25BrN2O3S. The molecule has 1 saturated carbocycles. The second kappa shape index (κ2) is 6.60. The van der Waals surface area contributed by atoms with Crippen LogP contribution in [0.25, 0.3) is 0 Å². The fraction of sp³-hybridized carbons (Fsp3) is 0.632. The van der Waals surface area contributed by atoms with E-state index in [1.165, 1.54) is 0 Å². The summed E-state index contributed by atoms with van der Waals surface area (Å²) in [5, 5.41) is 0. The standard InChI is InChI=1S/C19H25BrN2O3S/c1-12-7-13(2)11-21(10-12)26(24,25)18-9-17-15(8-16(18)20)5-6-22(17)19(23)14-3-4-14/h8-9,12-14H,3-7,10-11H2,1-2H3/t12-,13-/m1/s1. The average molecular weight is 441 g/mol. The third-order valence-electron chi connectivity index (χ3n) is 5.67. The molecule has 1 aromatic carbocycles. The van der Waals surface area contributed by atoms with Gasteiger partial charge in [-0.1, -0.05) is 13.8 Å². The Balaban J connectivity index is 1.70. The highest BCUT2D eigenvalue weighted by atomic mass is 79.9. The summed E-state index contributed by atoms with van der Waals surface area (Å²) in [7, 11) is -3.59. The van der Waals surface area contributed by atoms with Gasteiger partial charge in [-0.3, -0.25) is 4.79 Å². The molecule has 7 heteroatoms. The highest BCUT2D eigenvalue weighted by Crippen LogP contribution is 2.40. The van der Waals surface area contributed by atoms with E-state index in [4.69, 9.17) is 0 Å². The van der Waals surface area contributed by atoms with E-state index in [1.54, 1.807) is 15.3 Å². The van der Waals surface area contributed by atoms with Gasteiger partial charge in [0, 0.05) is 35.7 Å². The van der Waals surface area contributed by atoms with Gasteiger partial charge in [0.2, 0.25) is 15.9 Å². The first-order chi connectivity index (χ1) is 12.3. The second-order valence-electron chi connectivity index (χ2n) is 8.19. The van der Waals surface area contributed by atoms with Crippen LogP contribution in [0.1, 0.15) is 38.7 Å². The van der Waals surface area contributed by atoms with Gasteiger partial charge in [-0.25, -0.2) is 8.42 Å². The highest BCUT2D eigenvalue weighted by Gasteiger charge is 2.38. The van der Waals surface area contributed by atoms with Gasteiger partial charge in [-0.2, -0.15) is 4.31 Å². The molecule has 1 amide bonds. The largest absolute Gasteiger partial charge is 0.312 e. The SMILES string of the molecule is C[C@@H]1C[C@@H](C)CN(S(=O)(=O)c2cc3c(cc2Br)CCN3C(=O)C2CC2)C1. The molecule has 2 heterocycles. The monoisotopic (exact) mass is 440 g/mol. The summed E-state index contributed by atoms with van der Waals surface area (Å²) >= 11 is 3.47. The molecule has 0 bridgehead atoms. The van der Waals surface area contributed by atoms with Crippen LogP contribution >= 0.6 is 15.9 Å². The molecule has 5 nitrogen and oxygen atoms in total. The molecule has 2 atom stereocenters. The quantitative estimate of drug-likeness (QED) is 0.723. The first-order valence-electron chi connectivity index (χ1n) is 9.41. The normalized spacial score (nSPS) is 26.8. The second-order valence-corrected chi connectivity index (χ2v) is 11.0. The van der Waals surface area contributed by atoms with Gasteiger partial charge < -0.3 is 4.90 Å². The van der Waals surface area contributed by atoms with Crippen molar-refractivity contribution >= 4 is 37.5 Å². The predicted octanol–water partition coefficient (Wildman–Crippen LogP) is 3.41. The zero-order valence-electron chi connectivity index (χ0n) is 15.2. The Bertz CT molecular complexity index is 841. The number of carbonyl (C=O) groups is 1. The van der Waals surface area contributed by atoms with Crippen LogP contribution in [-0.2, 0) is 21.2 Å². The number of nitrogens with zero attached hydrogens (tertiary/aromatic N) is 2. The lowest BCUT2D eigenvalue weighted by molar-refractivity contribution is -0.119. The van der Waals surface area contributed by atoms with Crippen molar-refractivity contribution in [3.63, 3.8) is 0 Å². The smallest absolute Gasteiger partial charge is 0.244 e. The molecule has 26 heavy (non-hydrogen) atoms. The number of piperidine rings is 1. The van der Waals surface area contributed by atoms with Gasteiger partial charge in [0.05, 0.1) is 4.90 Å². The van der Waals surface area contributed by atoms with Gasteiger partial charge in [-0.05, 0) is 71.1 Å². The van der Waals surface area contributed by atoms with Gasteiger partial charge in [0.25, 0.3) is 0 Å². The Hall–Kier alpha value is -0.920. The lowest BCUT2D eigenvalue weighted by atomic mass is 9.94. The number of sulfonamides is 1. The number of anilines is 1. The van der Waals surface area contributed by atoms with Gasteiger partial charge >= 0.3 is 0 Å². The van der Waals surface area contributed by atoms with Crippen molar-refractivity contribution in [1.29, 1.82) is 0 Å². The van der Waals surface area contributed by atoms with E-state index in [0.29, 0.717) is 35.9 Å². The molecule has 0 spiro atoms. The Morgan fingerprint density at radius 3 is 2.42 bits per heavy atom. The number of rotatable bonds is 3. The van der Waals surface area contributed by atoms with Crippen molar-refractivity contribution in [3.05, 3.63) is 22.2 Å². The van der Waals surface area contributed by atoms with E-state index < -0.39 is 10.0 Å². The number of carbonyl (C=O) groups excluding carboxylic acids is 1. The molecule has 2 aliphatic heterocycles. The minimum absolute atomic E-state index is 0.133. The molecule has 1 aromatic rings. The van der Waals surface area contributed by atoms with E-state index in [0.717, 1.165) is 36.9 Å². The number of benzene rings is 1. The minimum Gasteiger partial charge on any atom is -0.312 e. The molecular weight excluding hydrogens is 416 g/mol. The third-order valence-corrected chi connectivity index (χ3v) is 8.46. The maximum atomic E-state index is 13.3. The predicted molar refractivity (Wildman–Crippen MR) is 105 cm³/mol. The van der Waals surface area contributed by atoms with Gasteiger partial charge in [0.15, 0.2) is 0 Å². The van der Waals surface area contributed by atoms with Crippen molar-refractivity contribution in [2.45, 2.75) is 44.4 Å². The number of hydrogen-bond donors (Lipinski definition) is 0. The topological polar surface area (TPSA) is 57.7 Å². The summed E-state index contributed by atoms with van der Waals surface area (Å²) in [6.07, 6.45) is 3.75. The molecule has 0 aromatic heterocycles. The van der Waals surface area contributed by atoms with Crippen molar-refractivity contribution < 1.29 is 13.2 Å². The number of fused-ring (bicyclic) bond motifs is 1. The summed E-state index contributed by atoms with van der Waals surface area (Å²) in [5.41, 5.74) is 1.83. The molecule has 3 aliphatic rings. The molecule has 1 saturated heterocycles. The van der Waals surface area contributed by atoms with E-state index in [-0.39, 0.29) is 16.7 Å². The van der Waals surface area contributed by atoms with Crippen LogP contribution in [0, 0.1) is 17.8 Å². The van der Waals surface area contributed by atoms with E-state index >= 15 is 0 Å². The Morgan fingerprint density at radius 1 is 1.15 bits per heavy atom. The van der Waals surface area contributed by atoms with Crippen molar-refractivity contribution in [3.8, 4) is 0 Å². The number of hydrogen-bond acceptors (Lipinski definition) is 3. The molecule has 0 N–H and O–H groups in total. The summed E-state index contributed by atoms with van der Waals surface area (Å²) in [6.45, 7) is 5.97. The molecule has 0 radical (unpaired) electrons. The maximum Gasteiger partial charge on any atom is 0.244 e. The molecule has 2 fully saturated rings. The third kappa shape index (κ3) is 3.22. The van der Waals surface area contributed by atoms with Crippen LogP contribution in [0.4, 0.5) is 5.69 Å². The Morgan fingerprint density at radius 2 is 1.81 bits per heavy atom. The van der Waals surface area contributed by atoms with E-state index in [2.05, 4.69) is 29.8 Å². The Kier molecular flexibility index (Phi) is 4.68. The summed E-state index contributed by atoms with van der Waals surface area (Å²) in [6, 6.07) is 3.60. The van der Waals surface area contributed by atoms with Crippen molar-refractivity contribution in [1.82, 2.24) is 4.31 Å². The van der Waals surface area contributed by atoms with Gasteiger partial charge in [0.1, 0.15) is 0 Å². The average Bonchev–Trinajstić information content (AvgIpc) is 3.33. The molecule has 1 aliphatic carbocycles. The highest BCUT2D eigenvalue weighted by molar-refractivity contribution is 9.10. The summed E-state index contributed by atoms with van der Waals surface area (Å²) < 4.78 is 28.8. The molecule has 0 unspecified atom stereocenters. The van der Waals surface area contributed by atoms with E-state index in [9.17, 15) is 13.2 Å². The molecule has 4 rings (SSSR count). The van der Waals surface area contributed by atoms with Crippen LogP contribution in [-0.4, -0.2) is 38.3 Å². The molecule has 142 valence electrons. The lowest BCUT2D eigenvalue weighted by Gasteiger charge is -2.34. The zero-order valence-corrected chi connectivity index (χ0v) is 17.6. The van der Waals surface area contributed by atoms with Crippen LogP contribution in [0.2, 0.25) is 0 Å². The summed E-state index contributed by atoms with van der Waals surface area (Å²) in [5.74, 6) is 0.993. The first-order valence-corrected chi connectivity index (χ1v) is 11.6. The lowest BCUT2D eigenvalue weighted by Crippen LogP contribution is -2.42. The van der Waals surface area contributed by atoms with E-state index in [1.807, 2.05) is 6.07 Å². The minimum atomic E-state index is -3.59. The Labute approximate surface area is 163 Å². The van der Waals surface area contributed by atoms with Crippen LogP contribution in [0.5, 0.6) is 0 Å². The van der Waals surface area contributed by atoms with Crippen LogP contribution in [0.3, 0.4) is 0 Å². The van der Waals surface area contributed by atoms with Crippen molar-refractivity contribution in [2.24, 2.45) is 17.8 Å².